The number of nitrogens with zero attached hydrogens (tertiary/aromatic N) is 1. The Morgan fingerprint density at radius 1 is 1.23 bits per heavy atom. The average Bonchev–Trinajstić information content (AvgIpc) is 2.49. The van der Waals surface area contributed by atoms with Gasteiger partial charge in [0.25, 0.3) is 5.91 Å². The second kappa shape index (κ2) is 7.40. The SMILES string of the molecule is Cc1ccc(NC(=O)c2cc(NCC(C)C)ccn2)cc1Br. The van der Waals surface area contributed by atoms with Crippen molar-refractivity contribution in [2.24, 2.45) is 5.92 Å². The Balaban J connectivity index is 2.08. The molecule has 0 unspecified atom stereocenters. The van der Waals surface area contributed by atoms with E-state index in [1.54, 1.807) is 12.3 Å². The lowest BCUT2D eigenvalue weighted by atomic mass is 10.2. The highest BCUT2D eigenvalue weighted by Gasteiger charge is 2.09. The van der Waals surface area contributed by atoms with Crippen LogP contribution in [0.25, 0.3) is 0 Å². The van der Waals surface area contributed by atoms with Gasteiger partial charge in [0.15, 0.2) is 0 Å². The molecule has 0 saturated carbocycles. The third-order valence-corrected chi connectivity index (χ3v) is 3.99. The van der Waals surface area contributed by atoms with Crippen LogP contribution in [-0.4, -0.2) is 17.4 Å². The zero-order valence-corrected chi connectivity index (χ0v) is 14.6. The predicted octanol–water partition coefficient (Wildman–Crippen LogP) is 4.47. The van der Waals surface area contributed by atoms with Gasteiger partial charge < -0.3 is 10.6 Å². The van der Waals surface area contributed by atoms with E-state index in [0.717, 1.165) is 28.0 Å². The molecule has 0 radical (unpaired) electrons. The van der Waals surface area contributed by atoms with Gasteiger partial charge in [-0.1, -0.05) is 35.8 Å². The number of aryl methyl sites for hydroxylation is 1. The molecule has 0 aliphatic rings. The summed E-state index contributed by atoms with van der Waals surface area (Å²) >= 11 is 3.46. The van der Waals surface area contributed by atoms with E-state index in [1.165, 1.54) is 0 Å². The monoisotopic (exact) mass is 361 g/mol. The first kappa shape index (κ1) is 16.5. The van der Waals surface area contributed by atoms with Crippen molar-refractivity contribution >= 4 is 33.2 Å². The quantitative estimate of drug-likeness (QED) is 0.825. The van der Waals surface area contributed by atoms with Crippen molar-refractivity contribution in [3.8, 4) is 0 Å². The van der Waals surface area contributed by atoms with Crippen molar-refractivity contribution in [1.29, 1.82) is 0 Å². The third kappa shape index (κ3) is 4.56. The number of pyridine rings is 1. The van der Waals surface area contributed by atoms with Gasteiger partial charge in [0.05, 0.1) is 0 Å². The fraction of sp³-hybridized carbons (Fsp3) is 0.294. The highest BCUT2D eigenvalue weighted by atomic mass is 79.9. The van der Waals surface area contributed by atoms with Crippen LogP contribution in [0.2, 0.25) is 0 Å². The van der Waals surface area contributed by atoms with Crippen LogP contribution in [0.3, 0.4) is 0 Å². The van der Waals surface area contributed by atoms with Crippen molar-refractivity contribution in [3.63, 3.8) is 0 Å². The number of amides is 1. The minimum Gasteiger partial charge on any atom is -0.385 e. The van der Waals surface area contributed by atoms with Gasteiger partial charge in [0.2, 0.25) is 0 Å². The molecule has 1 amide bonds. The van der Waals surface area contributed by atoms with E-state index >= 15 is 0 Å². The first-order valence-corrected chi connectivity index (χ1v) is 8.02. The molecule has 1 heterocycles. The molecule has 0 fully saturated rings. The fourth-order valence-electron chi connectivity index (χ4n) is 1.85. The molecule has 1 aromatic heterocycles. The van der Waals surface area contributed by atoms with E-state index < -0.39 is 0 Å². The number of anilines is 2. The Hall–Kier alpha value is -1.88. The van der Waals surface area contributed by atoms with Crippen LogP contribution in [0.5, 0.6) is 0 Å². The molecule has 0 atom stereocenters. The van der Waals surface area contributed by atoms with Crippen molar-refractivity contribution in [1.82, 2.24) is 4.98 Å². The molecule has 4 nitrogen and oxygen atoms in total. The summed E-state index contributed by atoms with van der Waals surface area (Å²) < 4.78 is 0.964. The summed E-state index contributed by atoms with van der Waals surface area (Å²) in [5, 5.41) is 6.15. The van der Waals surface area contributed by atoms with E-state index in [4.69, 9.17) is 0 Å². The normalized spacial score (nSPS) is 10.6. The standard InChI is InChI=1S/C17H20BrN3O/c1-11(2)10-20-13-6-7-19-16(9-13)17(22)21-14-5-4-12(3)15(18)8-14/h4-9,11H,10H2,1-3H3,(H,19,20)(H,21,22). The van der Waals surface area contributed by atoms with Gasteiger partial charge in [-0.3, -0.25) is 9.78 Å². The molecular weight excluding hydrogens is 342 g/mol. The largest absolute Gasteiger partial charge is 0.385 e. The Bertz CT molecular complexity index is 671. The summed E-state index contributed by atoms with van der Waals surface area (Å²) in [5.74, 6) is 0.319. The highest BCUT2D eigenvalue weighted by Crippen LogP contribution is 2.21. The summed E-state index contributed by atoms with van der Waals surface area (Å²) in [7, 11) is 0. The van der Waals surface area contributed by atoms with Gasteiger partial charge in [-0.15, -0.1) is 0 Å². The van der Waals surface area contributed by atoms with Gasteiger partial charge in [0.1, 0.15) is 5.69 Å². The molecule has 22 heavy (non-hydrogen) atoms. The average molecular weight is 362 g/mol. The number of carbonyl (C=O) groups excluding carboxylic acids is 1. The van der Waals surface area contributed by atoms with E-state index in [0.29, 0.717) is 11.6 Å². The lowest BCUT2D eigenvalue weighted by Gasteiger charge is -2.10. The topological polar surface area (TPSA) is 54.0 Å². The lowest BCUT2D eigenvalue weighted by molar-refractivity contribution is 0.102. The van der Waals surface area contributed by atoms with Gasteiger partial charge in [-0.25, -0.2) is 0 Å². The summed E-state index contributed by atoms with van der Waals surface area (Å²) in [6.45, 7) is 7.13. The van der Waals surface area contributed by atoms with Crippen LogP contribution in [0, 0.1) is 12.8 Å². The molecule has 0 aliphatic carbocycles. The van der Waals surface area contributed by atoms with E-state index in [1.807, 2.05) is 31.2 Å². The van der Waals surface area contributed by atoms with Crippen molar-refractivity contribution in [2.45, 2.75) is 20.8 Å². The third-order valence-electron chi connectivity index (χ3n) is 3.14. The Labute approximate surface area is 139 Å². The minimum atomic E-state index is -0.219. The van der Waals surface area contributed by atoms with Crippen molar-refractivity contribution in [3.05, 3.63) is 52.3 Å². The predicted molar refractivity (Wildman–Crippen MR) is 94.4 cm³/mol. The van der Waals surface area contributed by atoms with Crippen LogP contribution in [-0.2, 0) is 0 Å². The second-order valence-electron chi connectivity index (χ2n) is 5.62. The molecule has 5 heteroatoms. The summed E-state index contributed by atoms with van der Waals surface area (Å²) in [5.41, 5.74) is 3.16. The minimum absolute atomic E-state index is 0.219. The number of rotatable bonds is 5. The van der Waals surface area contributed by atoms with Gasteiger partial charge in [-0.2, -0.15) is 0 Å². The maximum Gasteiger partial charge on any atom is 0.274 e. The summed E-state index contributed by atoms with van der Waals surface area (Å²) in [6.07, 6.45) is 1.64. The lowest BCUT2D eigenvalue weighted by Crippen LogP contribution is -2.15. The van der Waals surface area contributed by atoms with E-state index in [9.17, 15) is 4.79 Å². The molecule has 0 aliphatic heterocycles. The van der Waals surface area contributed by atoms with E-state index in [2.05, 4.69) is 45.4 Å². The molecular formula is C17H20BrN3O. The fourth-order valence-corrected chi connectivity index (χ4v) is 2.23. The van der Waals surface area contributed by atoms with Crippen molar-refractivity contribution in [2.75, 3.05) is 17.2 Å². The number of carbonyl (C=O) groups is 1. The number of hydrogen-bond acceptors (Lipinski definition) is 3. The maximum absolute atomic E-state index is 12.3. The first-order valence-electron chi connectivity index (χ1n) is 7.23. The zero-order valence-electron chi connectivity index (χ0n) is 13.0. The van der Waals surface area contributed by atoms with Crippen LogP contribution in [0.15, 0.2) is 41.0 Å². The molecule has 0 spiro atoms. The molecule has 116 valence electrons. The van der Waals surface area contributed by atoms with Crippen LogP contribution >= 0.6 is 15.9 Å². The molecule has 2 aromatic rings. The summed E-state index contributed by atoms with van der Waals surface area (Å²) in [6, 6.07) is 9.34. The van der Waals surface area contributed by atoms with Crippen LogP contribution in [0.4, 0.5) is 11.4 Å². The van der Waals surface area contributed by atoms with Crippen LogP contribution < -0.4 is 10.6 Å². The van der Waals surface area contributed by atoms with E-state index in [-0.39, 0.29) is 5.91 Å². The molecule has 0 bridgehead atoms. The highest BCUT2D eigenvalue weighted by molar-refractivity contribution is 9.10. The van der Waals surface area contributed by atoms with Crippen molar-refractivity contribution < 1.29 is 4.79 Å². The van der Waals surface area contributed by atoms with Gasteiger partial charge in [-0.05, 0) is 42.7 Å². The number of hydrogen-bond donors (Lipinski definition) is 2. The number of aromatic nitrogens is 1. The van der Waals surface area contributed by atoms with Gasteiger partial charge in [0, 0.05) is 28.6 Å². The Kier molecular flexibility index (Phi) is 5.55. The molecule has 2 rings (SSSR count). The molecule has 0 saturated heterocycles. The molecule has 1 aromatic carbocycles. The van der Waals surface area contributed by atoms with Gasteiger partial charge >= 0.3 is 0 Å². The zero-order chi connectivity index (χ0) is 16.1. The Morgan fingerprint density at radius 2 is 2.00 bits per heavy atom. The number of halogens is 1. The number of nitrogens with one attached hydrogen (secondary N) is 2. The molecule has 2 N–H and O–H groups in total. The first-order chi connectivity index (χ1) is 10.5. The summed E-state index contributed by atoms with van der Waals surface area (Å²) in [4.78, 5) is 16.4. The number of benzene rings is 1. The maximum atomic E-state index is 12.3. The Morgan fingerprint density at radius 3 is 2.68 bits per heavy atom. The van der Waals surface area contributed by atoms with Crippen LogP contribution in [0.1, 0.15) is 29.9 Å². The second-order valence-corrected chi connectivity index (χ2v) is 6.48. The smallest absolute Gasteiger partial charge is 0.274 e.